The number of rotatable bonds is 5. The molecule has 0 bridgehead atoms. The second-order valence-corrected chi connectivity index (χ2v) is 4.41. The summed E-state index contributed by atoms with van der Waals surface area (Å²) in [4.78, 5) is 11.6. The Morgan fingerprint density at radius 2 is 2.35 bits per heavy atom. The van der Waals surface area contributed by atoms with Gasteiger partial charge in [0.1, 0.15) is 6.04 Å². The van der Waals surface area contributed by atoms with Crippen LogP contribution >= 0.6 is 0 Å². The van der Waals surface area contributed by atoms with Crippen LogP contribution in [-0.2, 0) is 16.0 Å². The van der Waals surface area contributed by atoms with Crippen LogP contribution < -0.4 is 11.1 Å². The van der Waals surface area contributed by atoms with Gasteiger partial charge in [0.15, 0.2) is 0 Å². The summed E-state index contributed by atoms with van der Waals surface area (Å²) in [6, 6.07) is 7.75. The molecule has 2 rings (SSSR count). The number of amides is 1. The largest absolute Gasteiger partial charge is 0.383 e. The fraction of sp³-hybridized carbons (Fsp3) is 0.462. The molecule has 17 heavy (non-hydrogen) atoms. The molecular formula is C13H18N2O2. The molecule has 0 saturated heterocycles. The number of fused-ring (bicyclic) bond motifs is 1. The first kappa shape index (κ1) is 12.1. The van der Waals surface area contributed by atoms with Gasteiger partial charge >= 0.3 is 0 Å². The summed E-state index contributed by atoms with van der Waals surface area (Å²) < 4.78 is 4.84. The third-order valence-electron chi connectivity index (χ3n) is 3.17. The molecule has 3 N–H and O–H groups in total. The van der Waals surface area contributed by atoms with E-state index in [2.05, 4.69) is 17.4 Å². The third-order valence-corrected chi connectivity index (χ3v) is 3.17. The van der Waals surface area contributed by atoms with E-state index in [1.54, 1.807) is 0 Å². The second-order valence-electron chi connectivity index (χ2n) is 4.41. The van der Waals surface area contributed by atoms with Crippen molar-refractivity contribution in [3.05, 3.63) is 35.4 Å². The number of hydrogen-bond donors (Lipinski definition) is 2. The Labute approximate surface area is 101 Å². The molecule has 1 amide bonds. The average Bonchev–Trinajstić information content (AvgIpc) is 2.30. The van der Waals surface area contributed by atoms with Crippen LogP contribution in [0.4, 0.5) is 0 Å². The molecule has 0 fully saturated rings. The van der Waals surface area contributed by atoms with Gasteiger partial charge in [-0.2, -0.15) is 0 Å². The van der Waals surface area contributed by atoms with Crippen molar-refractivity contribution in [2.45, 2.75) is 18.4 Å². The molecule has 4 nitrogen and oxygen atoms in total. The fourth-order valence-corrected chi connectivity index (χ4v) is 2.15. The molecule has 1 aromatic rings. The Morgan fingerprint density at radius 3 is 3.06 bits per heavy atom. The molecule has 1 aliphatic rings. The highest BCUT2D eigenvalue weighted by atomic mass is 16.5. The third kappa shape index (κ3) is 2.65. The molecule has 0 spiro atoms. The predicted octanol–water partition coefficient (Wildman–Crippen LogP) is 0.416. The molecule has 4 heteroatoms. The number of benzene rings is 1. The van der Waals surface area contributed by atoms with Crippen molar-refractivity contribution in [2.75, 3.05) is 20.3 Å². The molecule has 2 unspecified atom stereocenters. The van der Waals surface area contributed by atoms with Gasteiger partial charge in [0.2, 0.25) is 5.91 Å². The van der Waals surface area contributed by atoms with E-state index in [1.807, 2.05) is 12.1 Å². The topological polar surface area (TPSA) is 64.3 Å². The van der Waals surface area contributed by atoms with Crippen LogP contribution in [0.2, 0.25) is 0 Å². The van der Waals surface area contributed by atoms with Crippen molar-refractivity contribution in [3.8, 4) is 0 Å². The fourth-order valence-electron chi connectivity index (χ4n) is 2.15. The lowest BCUT2D eigenvalue weighted by molar-refractivity contribution is -0.123. The minimum Gasteiger partial charge on any atom is -0.383 e. The summed E-state index contributed by atoms with van der Waals surface area (Å²) in [5.41, 5.74) is 8.35. The summed E-state index contributed by atoms with van der Waals surface area (Å²) >= 11 is 0. The maximum absolute atomic E-state index is 11.6. The number of nitrogens with one attached hydrogen (secondary N) is 1. The number of carbonyl (C=O) groups excluding carboxylic acids is 1. The highest BCUT2D eigenvalue weighted by Gasteiger charge is 2.26. The van der Waals surface area contributed by atoms with Crippen molar-refractivity contribution in [2.24, 2.45) is 5.73 Å². The minimum absolute atomic E-state index is 0.142. The SMILES string of the molecule is COCC(N)C(=O)NCC1Cc2ccccc21. The summed E-state index contributed by atoms with van der Waals surface area (Å²) in [5.74, 6) is 0.293. The number of hydrogen-bond acceptors (Lipinski definition) is 3. The molecule has 0 heterocycles. The quantitative estimate of drug-likeness (QED) is 0.776. The van der Waals surface area contributed by atoms with Crippen molar-refractivity contribution in [1.29, 1.82) is 0 Å². The van der Waals surface area contributed by atoms with Gasteiger partial charge in [-0.25, -0.2) is 0 Å². The lowest BCUT2D eigenvalue weighted by Crippen LogP contribution is -2.45. The molecule has 1 aromatic carbocycles. The molecule has 0 aliphatic heterocycles. The van der Waals surface area contributed by atoms with E-state index in [1.165, 1.54) is 18.2 Å². The van der Waals surface area contributed by atoms with Gasteiger partial charge in [-0.05, 0) is 17.5 Å². The van der Waals surface area contributed by atoms with Crippen LogP contribution in [0, 0.1) is 0 Å². The number of ether oxygens (including phenoxy) is 1. The molecule has 2 atom stereocenters. The normalized spacial score (nSPS) is 19.1. The minimum atomic E-state index is -0.574. The highest BCUT2D eigenvalue weighted by molar-refractivity contribution is 5.81. The summed E-state index contributed by atoms with van der Waals surface area (Å²) in [6.07, 6.45) is 1.04. The highest BCUT2D eigenvalue weighted by Crippen LogP contribution is 2.33. The Balaban J connectivity index is 1.80. The maximum Gasteiger partial charge on any atom is 0.239 e. The Bertz CT molecular complexity index is 406. The lowest BCUT2D eigenvalue weighted by atomic mass is 9.77. The molecular weight excluding hydrogens is 216 g/mol. The van der Waals surface area contributed by atoms with Gasteiger partial charge in [0.05, 0.1) is 6.61 Å². The summed E-state index contributed by atoms with van der Waals surface area (Å²) in [5, 5.41) is 2.87. The molecule has 0 aromatic heterocycles. The first-order chi connectivity index (χ1) is 8.22. The molecule has 0 saturated carbocycles. The van der Waals surface area contributed by atoms with Gasteiger partial charge in [-0.15, -0.1) is 0 Å². The first-order valence-corrected chi connectivity index (χ1v) is 5.82. The van der Waals surface area contributed by atoms with Crippen LogP contribution in [0.25, 0.3) is 0 Å². The molecule has 0 radical (unpaired) electrons. The summed E-state index contributed by atoms with van der Waals surface area (Å²) in [6.45, 7) is 0.917. The Kier molecular flexibility index (Phi) is 3.76. The smallest absolute Gasteiger partial charge is 0.239 e. The van der Waals surface area contributed by atoms with Gasteiger partial charge in [-0.1, -0.05) is 24.3 Å². The van der Waals surface area contributed by atoms with Crippen LogP contribution in [-0.4, -0.2) is 32.2 Å². The van der Waals surface area contributed by atoms with Gasteiger partial charge in [0.25, 0.3) is 0 Å². The van der Waals surface area contributed by atoms with E-state index < -0.39 is 6.04 Å². The first-order valence-electron chi connectivity index (χ1n) is 5.82. The standard InChI is InChI=1S/C13H18N2O2/c1-17-8-12(14)13(16)15-7-10-6-9-4-2-3-5-11(9)10/h2-5,10,12H,6-8,14H2,1H3,(H,15,16). The monoisotopic (exact) mass is 234 g/mol. The van der Waals surface area contributed by atoms with Crippen LogP contribution in [0.1, 0.15) is 17.0 Å². The maximum atomic E-state index is 11.6. The second kappa shape index (κ2) is 5.29. The van der Waals surface area contributed by atoms with Gasteiger partial charge < -0.3 is 15.8 Å². The van der Waals surface area contributed by atoms with Crippen molar-refractivity contribution >= 4 is 5.91 Å². The lowest BCUT2D eigenvalue weighted by Gasteiger charge is -2.30. The Hall–Kier alpha value is -1.39. The zero-order valence-corrected chi connectivity index (χ0v) is 9.98. The van der Waals surface area contributed by atoms with Crippen LogP contribution in [0.3, 0.4) is 0 Å². The summed E-state index contributed by atoms with van der Waals surface area (Å²) in [7, 11) is 1.54. The molecule has 92 valence electrons. The van der Waals surface area contributed by atoms with E-state index in [0.717, 1.165) is 6.42 Å². The number of methoxy groups -OCH3 is 1. The molecule has 1 aliphatic carbocycles. The number of carbonyl (C=O) groups is 1. The van der Waals surface area contributed by atoms with Crippen molar-refractivity contribution in [1.82, 2.24) is 5.32 Å². The van der Waals surface area contributed by atoms with Crippen molar-refractivity contribution in [3.63, 3.8) is 0 Å². The van der Waals surface area contributed by atoms with E-state index in [0.29, 0.717) is 12.5 Å². The van der Waals surface area contributed by atoms with Gasteiger partial charge in [0, 0.05) is 19.6 Å². The van der Waals surface area contributed by atoms with Gasteiger partial charge in [-0.3, -0.25) is 4.79 Å². The van der Waals surface area contributed by atoms with E-state index in [9.17, 15) is 4.79 Å². The average molecular weight is 234 g/mol. The zero-order valence-electron chi connectivity index (χ0n) is 9.98. The zero-order chi connectivity index (χ0) is 12.3. The van der Waals surface area contributed by atoms with E-state index in [-0.39, 0.29) is 12.5 Å². The van der Waals surface area contributed by atoms with E-state index >= 15 is 0 Å². The Morgan fingerprint density at radius 1 is 1.59 bits per heavy atom. The van der Waals surface area contributed by atoms with Crippen LogP contribution in [0.5, 0.6) is 0 Å². The predicted molar refractivity (Wildman–Crippen MR) is 65.7 cm³/mol. The van der Waals surface area contributed by atoms with Crippen LogP contribution in [0.15, 0.2) is 24.3 Å². The van der Waals surface area contributed by atoms with E-state index in [4.69, 9.17) is 10.5 Å². The number of nitrogens with two attached hydrogens (primary N) is 1. The van der Waals surface area contributed by atoms with Crippen molar-refractivity contribution < 1.29 is 9.53 Å².